The molecule has 2 rings (SSSR count). The van der Waals surface area contributed by atoms with Crippen molar-refractivity contribution in [1.29, 1.82) is 0 Å². The molecule has 0 aliphatic rings. The van der Waals surface area contributed by atoms with Crippen LogP contribution in [0.3, 0.4) is 0 Å². The van der Waals surface area contributed by atoms with Crippen LogP contribution in [-0.4, -0.2) is 20.9 Å². The Hall–Kier alpha value is -2.18. The standard InChI is InChI=1S/C16H18N2O3S/c1-13-6-5-7-14(10-13)11-17-16(19)12-18-22(20,21)15-8-3-2-4-9-15/h2-10,18H,11-12H2,1H3,(H,17,19). The minimum atomic E-state index is -3.66. The number of carbonyl (C=O) groups excluding carboxylic acids is 1. The molecule has 0 atom stereocenters. The topological polar surface area (TPSA) is 75.3 Å². The minimum Gasteiger partial charge on any atom is -0.351 e. The van der Waals surface area contributed by atoms with E-state index >= 15 is 0 Å². The zero-order valence-corrected chi connectivity index (χ0v) is 13.1. The van der Waals surface area contributed by atoms with Gasteiger partial charge in [-0.2, -0.15) is 0 Å². The first-order valence-electron chi connectivity index (χ1n) is 6.84. The van der Waals surface area contributed by atoms with Crippen LogP contribution >= 0.6 is 0 Å². The summed E-state index contributed by atoms with van der Waals surface area (Å²) < 4.78 is 26.2. The van der Waals surface area contributed by atoms with Gasteiger partial charge in [0.1, 0.15) is 0 Å². The SMILES string of the molecule is Cc1cccc(CNC(=O)CNS(=O)(=O)c2ccccc2)c1. The number of aryl methyl sites for hydroxylation is 1. The number of benzene rings is 2. The molecule has 0 spiro atoms. The van der Waals surface area contributed by atoms with Crippen LogP contribution in [0.5, 0.6) is 0 Å². The average molecular weight is 318 g/mol. The zero-order valence-electron chi connectivity index (χ0n) is 12.2. The Morgan fingerprint density at radius 1 is 1.05 bits per heavy atom. The predicted molar refractivity (Wildman–Crippen MR) is 84.7 cm³/mol. The van der Waals surface area contributed by atoms with Crippen LogP contribution in [0.25, 0.3) is 0 Å². The first-order valence-corrected chi connectivity index (χ1v) is 8.33. The van der Waals surface area contributed by atoms with Crippen LogP contribution in [0.1, 0.15) is 11.1 Å². The Bertz CT molecular complexity index is 743. The summed E-state index contributed by atoms with van der Waals surface area (Å²) in [6.07, 6.45) is 0. The van der Waals surface area contributed by atoms with E-state index in [9.17, 15) is 13.2 Å². The highest BCUT2D eigenvalue weighted by atomic mass is 32.2. The minimum absolute atomic E-state index is 0.140. The molecule has 0 saturated carbocycles. The molecular formula is C16H18N2O3S. The first-order chi connectivity index (χ1) is 10.5. The lowest BCUT2D eigenvalue weighted by atomic mass is 10.1. The van der Waals surface area contributed by atoms with Gasteiger partial charge in [-0.3, -0.25) is 4.79 Å². The van der Waals surface area contributed by atoms with Gasteiger partial charge in [0.2, 0.25) is 15.9 Å². The lowest BCUT2D eigenvalue weighted by Gasteiger charge is -2.08. The molecule has 116 valence electrons. The van der Waals surface area contributed by atoms with Crippen molar-refractivity contribution in [2.75, 3.05) is 6.54 Å². The molecule has 2 aromatic rings. The van der Waals surface area contributed by atoms with Crippen LogP contribution in [0.4, 0.5) is 0 Å². The van der Waals surface area contributed by atoms with Gasteiger partial charge < -0.3 is 5.32 Å². The molecular weight excluding hydrogens is 300 g/mol. The van der Waals surface area contributed by atoms with E-state index in [1.807, 2.05) is 31.2 Å². The summed E-state index contributed by atoms with van der Waals surface area (Å²) in [5, 5.41) is 2.68. The Balaban J connectivity index is 1.85. The van der Waals surface area contributed by atoms with Gasteiger partial charge in [0, 0.05) is 6.54 Å². The number of rotatable bonds is 6. The third-order valence-corrected chi connectivity index (χ3v) is 4.47. The second-order valence-corrected chi connectivity index (χ2v) is 6.67. The summed E-state index contributed by atoms with van der Waals surface area (Å²) >= 11 is 0. The van der Waals surface area contributed by atoms with Crippen molar-refractivity contribution in [3.05, 3.63) is 65.7 Å². The number of hydrogen-bond donors (Lipinski definition) is 2. The van der Waals surface area contributed by atoms with Crippen LogP contribution in [0, 0.1) is 6.92 Å². The summed E-state index contributed by atoms with van der Waals surface area (Å²) in [7, 11) is -3.66. The fourth-order valence-electron chi connectivity index (χ4n) is 1.93. The summed E-state index contributed by atoms with van der Waals surface area (Å²) in [6.45, 7) is 2.05. The Labute approximate surface area is 130 Å². The third kappa shape index (κ3) is 4.68. The second kappa shape index (κ2) is 7.20. The second-order valence-electron chi connectivity index (χ2n) is 4.90. The quantitative estimate of drug-likeness (QED) is 0.849. The molecule has 0 saturated heterocycles. The highest BCUT2D eigenvalue weighted by Gasteiger charge is 2.14. The Kier molecular flexibility index (Phi) is 5.30. The molecule has 5 nitrogen and oxygen atoms in total. The van der Waals surface area contributed by atoms with E-state index in [0.717, 1.165) is 11.1 Å². The van der Waals surface area contributed by atoms with Gasteiger partial charge in [0.25, 0.3) is 0 Å². The predicted octanol–water partition coefficient (Wildman–Crippen LogP) is 1.59. The zero-order chi connectivity index (χ0) is 16.0. The van der Waals surface area contributed by atoms with Crippen molar-refractivity contribution < 1.29 is 13.2 Å². The number of amides is 1. The van der Waals surface area contributed by atoms with Crippen LogP contribution in [0.2, 0.25) is 0 Å². The normalized spacial score (nSPS) is 11.1. The summed E-state index contributed by atoms with van der Waals surface area (Å²) in [6, 6.07) is 15.7. The van der Waals surface area contributed by atoms with E-state index in [1.54, 1.807) is 18.2 Å². The van der Waals surface area contributed by atoms with E-state index < -0.39 is 10.0 Å². The molecule has 0 bridgehead atoms. The van der Waals surface area contributed by atoms with Crippen LogP contribution in [-0.2, 0) is 21.4 Å². The fourth-order valence-corrected chi connectivity index (χ4v) is 2.93. The number of hydrogen-bond acceptors (Lipinski definition) is 3. The molecule has 2 N–H and O–H groups in total. The molecule has 0 aliphatic heterocycles. The van der Waals surface area contributed by atoms with Gasteiger partial charge in [-0.1, -0.05) is 48.0 Å². The maximum Gasteiger partial charge on any atom is 0.241 e. The summed E-state index contributed by atoms with van der Waals surface area (Å²) in [5.41, 5.74) is 2.08. The highest BCUT2D eigenvalue weighted by Crippen LogP contribution is 2.06. The van der Waals surface area contributed by atoms with E-state index in [0.29, 0.717) is 6.54 Å². The molecule has 22 heavy (non-hydrogen) atoms. The smallest absolute Gasteiger partial charge is 0.241 e. The Morgan fingerprint density at radius 3 is 2.45 bits per heavy atom. The molecule has 6 heteroatoms. The number of sulfonamides is 1. The Morgan fingerprint density at radius 2 is 1.77 bits per heavy atom. The molecule has 0 fully saturated rings. The van der Waals surface area contributed by atoms with Crippen molar-refractivity contribution in [3.63, 3.8) is 0 Å². The van der Waals surface area contributed by atoms with Crippen LogP contribution < -0.4 is 10.0 Å². The van der Waals surface area contributed by atoms with Gasteiger partial charge in [0.05, 0.1) is 11.4 Å². The fraction of sp³-hybridized carbons (Fsp3) is 0.188. The summed E-state index contributed by atoms with van der Waals surface area (Å²) in [4.78, 5) is 11.9. The maximum absolute atomic E-state index is 12.0. The van der Waals surface area contributed by atoms with Gasteiger partial charge in [0.15, 0.2) is 0 Å². The third-order valence-electron chi connectivity index (χ3n) is 3.05. The van der Waals surface area contributed by atoms with Crippen molar-refractivity contribution in [2.24, 2.45) is 0 Å². The first kappa shape index (κ1) is 16.2. The molecule has 2 aromatic carbocycles. The lowest BCUT2D eigenvalue weighted by Crippen LogP contribution is -2.36. The van der Waals surface area contributed by atoms with E-state index in [4.69, 9.17) is 0 Å². The van der Waals surface area contributed by atoms with Gasteiger partial charge in [-0.15, -0.1) is 0 Å². The van der Waals surface area contributed by atoms with Crippen molar-refractivity contribution in [1.82, 2.24) is 10.0 Å². The average Bonchev–Trinajstić information content (AvgIpc) is 2.52. The summed E-state index contributed by atoms with van der Waals surface area (Å²) in [5.74, 6) is -0.374. The van der Waals surface area contributed by atoms with Crippen molar-refractivity contribution >= 4 is 15.9 Å². The molecule has 0 radical (unpaired) electrons. The lowest BCUT2D eigenvalue weighted by molar-refractivity contribution is -0.120. The van der Waals surface area contributed by atoms with Crippen molar-refractivity contribution in [3.8, 4) is 0 Å². The van der Waals surface area contributed by atoms with Crippen molar-refractivity contribution in [2.45, 2.75) is 18.4 Å². The largest absolute Gasteiger partial charge is 0.351 e. The molecule has 0 unspecified atom stereocenters. The van der Waals surface area contributed by atoms with E-state index in [2.05, 4.69) is 10.0 Å². The van der Waals surface area contributed by atoms with Gasteiger partial charge in [-0.25, -0.2) is 13.1 Å². The van der Waals surface area contributed by atoms with E-state index in [1.165, 1.54) is 12.1 Å². The van der Waals surface area contributed by atoms with Crippen LogP contribution in [0.15, 0.2) is 59.5 Å². The number of carbonyl (C=O) groups is 1. The molecule has 1 amide bonds. The highest BCUT2D eigenvalue weighted by molar-refractivity contribution is 7.89. The molecule has 0 aliphatic carbocycles. The monoisotopic (exact) mass is 318 g/mol. The van der Waals surface area contributed by atoms with Gasteiger partial charge in [-0.05, 0) is 24.6 Å². The molecule has 0 heterocycles. The van der Waals surface area contributed by atoms with Gasteiger partial charge >= 0.3 is 0 Å². The maximum atomic E-state index is 12.0. The number of nitrogens with one attached hydrogen (secondary N) is 2. The van der Waals surface area contributed by atoms with E-state index in [-0.39, 0.29) is 17.3 Å². The molecule has 0 aromatic heterocycles.